The molecule has 0 aliphatic rings. The van der Waals surface area contributed by atoms with Gasteiger partial charge < -0.3 is 11.1 Å². The van der Waals surface area contributed by atoms with Gasteiger partial charge in [-0.1, -0.05) is 12.1 Å². The zero-order valence-electron chi connectivity index (χ0n) is 13.9. The molecule has 0 aliphatic carbocycles. The monoisotopic (exact) mass is 374 g/mol. The van der Waals surface area contributed by atoms with Crippen LogP contribution in [0.15, 0.2) is 35.7 Å². The van der Waals surface area contributed by atoms with E-state index in [2.05, 4.69) is 10.3 Å². The zero-order valence-corrected chi connectivity index (χ0v) is 15.5. The third-order valence-corrected chi connectivity index (χ3v) is 5.94. The molecule has 0 radical (unpaired) electrons. The summed E-state index contributed by atoms with van der Waals surface area (Å²) in [7, 11) is 1.87. The molecule has 25 heavy (non-hydrogen) atoms. The van der Waals surface area contributed by atoms with E-state index in [4.69, 9.17) is 5.73 Å². The minimum absolute atomic E-state index is 0.00194. The minimum Gasteiger partial charge on any atom is -0.366 e. The summed E-state index contributed by atoms with van der Waals surface area (Å²) in [5.41, 5.74) is 6.60. The van der Waals surface area contributed by atoms with Crippen molar-refractivity contribution in [2.45, 2.75) is 13.0 Å². The van der Waals surface area contributed by atoms with Crippen molar-refractivity contribution in [3.8, 4) is 0 Å². The molecule has 3 N–H and O–H groups in total. The van der Waals surface area contributed by atoms with Crippen LogP contribution < -0.4 is 11.1 Å². The first-order valence-corrected chi connectivity index (χ1v) is 9.38. The fraction of sp³-hybridized carbons (Fsp3) is 0.235. The second kappa shape index (κ2) is 7.30. The van der Waals surface area contributed by atoms with Crippen LogP contribution in [0.1, 0.15) is 28.3 Å². The molecule has 130 valence electrons. The summed E-state index contributed by atoms with van der Waals surface area (Å²) in [6, 6.07) is 9.58. The van der Waals surface area contributed by atoms with Gasteiger partial charge in [0.15, 0.2) is 0 Å². The number of para-hydroxylation sites is 1. The first-order valence-electron chi connectivity index (χ1n) is 7.68. The van der Waals surface area contributed by atoms with Crippen molar-refractivity contribution in [1.29, 1.82) is 0 Å². The number of thiazole rings is 1. The lowest BCUT2D eigenvalue weighted by molar-refractivity contribution is -0.117. The average molecular weight is 374 g/mol. The molecular formula is C17H18N4O2S2. The van der Waals surface area contributed by atoms with Crippen LogP contribution in [0.25, 0.3) is 10.2 Å². The Morgan fingerprint density at radius 2 is 2.08 bits per heavy atom. The van der Waals surface area contributed by atoms with E-state index in [1.54, 1.807) is 22.8 Å². The number of aromatic nitrogens is 1. The maximum absolute atomic E-state index is 12.3. The third kappa shape index (κ3) is 3.87. The maximum atomic E-state index is 12.3. The second-order valence-electron chi connectivity index (χ2n) is 5.69. The minimum atomic E-state index is -0.548. The molecule has 0 fully saturated rings. The molecule has 2 heterocycles. The van der Waals surface area contributed by atoms with Gasteiger partial charge in [0.05, 0.1) is 28.4 Å². The summed E-state index contributed by atoms with van der Waals surface area (Å²) in [5.74, 6) is -0.742. The first-order chi connectivity index (χ1) is 12.0. The maximum Gasteiger partial charge on any atom is 0.251 e. The largest absolute Gasteiger partial charge is 0.366 e. The Kier molecular flexibility index (Phi) is 5.12. The van der Waals surface area contributed by atoms with E-state index in [-0.39, 0.29) is 18.5 Å². The van der Waals surface area contributed by atoms with Crippen molar-refractivity contribution in [3.63, 3.8) is 0 Å². The first kappa shape index (κ1) is 17.5. The number of rotatable bonds is 6. The van der Waals surface area contributed by atoms with Crippen LogP contribution in [0, 0.1) is 0 Å². The van der Waals surface area contributed by atoms with Gasteiger partial charge in [0.25, 0.3) is 5.91 Å². The number of nitrogens with zero attached hydrogens (tertiary/aromatic N) is 2. The molecule has 8 heteroatoms. The van der Waals surface area contributed by atoms with Gasteiger partial charge in [0.2, 0.25) is 5.91 Å². The SMILES string of the molecule is C[C@@H](c1nc2ccccc2s1)N(C)CC(=O)Nc1sccc1C(N)=O. The Morgan fingerprint density at radius 3 is 2.80 bits per heavy atom. The van der Waals surface area contributed by atoms with E-state index in [0.29, 0.717) is 10.6 Å². The summed E-state index contributed by atoms with van der Waals surface area (Å²) >= 11 is 2.91. The van der Waals surface area contributed by atoms with Crippen molar-refractivity contribution in [3.05, 3.63) is 46.3 Å². The van der Waals surface area contributed by atoms with E-state index in [9.17, 15) is 9.59 Å². The predicted molar refractivity (Wildman–Crippen MR) is 102 cm³/mol. The van der Waals surface area contributed by atoms with Crippen LogP contribution in [0.5, 0.6) is 0 Å². The normalized spacial score (nSPS) is 12.4. The number of carbonyl (C=O) groups is 2. The van der Waals surface area contributed by atoms with Crippen molar-refractivity contribution in [1.82, 2.24) is 9.88 Å². The van der Waals surface area contributed by atoms with Crippen LogP contribution >= 0.6 is 22.7 Å². The summed E-state index contributed by atoms with van der Waals surface area (Å²) in [6.07, 6.45) is 0. The number of primary amides is 1. The number of carbonyl (C=O) groups excluding carboxylic acids is 2. The number of likely N-dealkylation sites (N-methyl/N-ethyl adjacent to an activating group) is 1. The highest BCUT2D eigenvalue weighted by Gasteiger charge is 2.20. The van der Waals surface area contributed by atoms with Gasteiger partial charge in [-0.05, 0) is 37.6 Å². The highest BCUT2D eigenvalue weighted by atomic mass is 32.1. The third-order valence-electron chi connectivity index (χ3n) is 3.91. The summed E-state index contributed by atoms with van der Waals surface area (Å²) in [6.45, 7) is 2.21. The fourth-order valence-corrected chi connectivity index (χ4v) is 4.28. The van der Waals surface area contributed by atoms with Crippen LogP contribution in [-0.2, 0) is 4.79 Å². The summed E-state index contributed by atoms with van der Waals surface area (Å²) < 4.78 is 1.13. The van der Waals surface area contributed by atoms with Crippen molar-refractivity contribution < 1.29 is 9.59 Å². The number of anilines is 1. The number of amides is 2. The van der Waals surface area contributed by atoms with Crippen LogP contribution in [0.3, 0.4) is 0 Å². The molecule has 3 aromatic rings. The van der Waals surface area contributed by atoms with Gasteiger partial charge in [-0.2, -0.15) is 0 Å². The van der Waals surface area contributed by atoms with E-state index in [0.717, 1.165) is 15.2 Å². The molecule has 0 unspecified atom stereocenters. The number of benzene rings is 1. The number of thiophene rings is 1. The van der Waals surface area contributed by atoms with Crippen LogP contribution in [0.2, 0.25) is 0 Å². The van der Waals surface area contributed by atoms with Gasteiger partial charge in [-0.15, -0.1) is 22.7 Å². The Bertz CT molecular complexity index is 885. The second-order valence-corrected chi connectivity index (χ2v) is 7.67. The van der Waals surface area contributed by atoms with E-state index in [1.165, 1.54) is 11.3 Å². The van der Waals surface area contributed by atoms with Gasteiger partial charge in [0, 0.05) is 0 Å². The van der Waals surface area contributed by atoms with Gasteiger partial charge >= 0.3 is 0 Å². The van der Waals surface area contributed by atoms with E-state index in [1.807, 2.05) is 43.1 Å². The molecule has 3 rings (SSSR count). The number of nitrogens with two attached hydrogens (primary N) is 1. The van der Waals surface area contributed by atoms with Gasteiger partial charge in [0.1, 0.15) is 10.0 Å². The standard InChI is InChI=1S/C17H18N4O2S2/c1-10(16-19-12-5-3-4-6-13(12)25-16)21(2)9-14(22)20-17-11(15(18)23)7-8-24-17/h3-8,10H,9H2,1-2H3,(H2,18,23)(H,20,22)/t10-/m0/s1. The fourth-order valence-electron chi connectivity index (χ4n) is 2.39. The Labute approximate surface area is 153 Å². The quantitative estimate of drug-likeness (QED) is 0.694. The van der Waals surface area contributed by atoms with E-state index < -0.39 is 5.91 Å². The molecule has 0 saturated heterocycles. The van der Waals surface area contributed by atoms with Gasteiger partial charge in [-0.3, -0.25) is 14.5 Å². The lowest BCUT2D eigenvalue weighted by Gasteiger charge is -2.22. The molecule has 1 atom stereocenters. The molecule has 0 aliphatic heterocycles. The summed E-state index contributed by atoms with van der Waals surface area (Å²) in [5, 5.41) is 5.93. The lowest BCUT2D eigenvalue weighted by atomic mass is 10.3. The van der Waals surface area contributed by atoms with Crippen molar-refractivity contribution in [2.75, 3.05) is 18.9 Å². The van der Waals surface area contributed by atoms with Crippen molar-refractivity contribution >= 4 is 49.7 Å². The number of hydrogen-bond acceptors (Lipinski definition) is 6. The molecule has 0 spiro atoms. The topological polar surface area (TPSA) is 88.3 Å². The van der Waals surface area contributed by atoms with Crippen LogP contribution in [-0.4, -0.2) is 35.3 Å². The van der Waals surface area contributed by atoms with Crippen molar-refractivity contribution in [2.24, 2.45) is 5.73 Å². The van der Waals surface area contributed by atoms with Crippen LogP contribution in [0.4, 0.5) is 5.00 Å². The molecule has 2 amide bonds. The molecule has 0 saturated carbocycles. The molecule has 1 aromatic carbocycles. The molecule has 0 bridgehead atoms. The summed E-state index contributed by atoms with van der Waals surface area (Å²) in [4.78, 5) is 30.2. The average Bonchev–Trinajstić information content (AvgIpc) is 3.20. The predicted octanol–water partition coefficient (Wildman–Crippen LogP) is 3.09. The zero-order chi connectivity index (χ0) is 18.0. The molecular weight excluding hydrogens is 356 g/mol. The van der Waals surface area contributed by atoms with E-state index >= 15 is 0 Å². The smallest absolute Gasteiger partial charge is 0.251 e. The Morgan fingerprint density at radius 1 is 1.32 bits per heavy atom. The number of hydrogen-bond donors (Lipinski definition) is 2. The molecule has 6 nitrogen and oxygen atoms in total. The molecule has 2 aromatic heterocycles. The highest BCUT2D eigenvalue weighted by molar-refractivity contribution is 7.18. The lowest BCUT2D eigenvalue weighted by Crippen LogP contribution is -2.32. The highest BCUT2D eigenvalue weighted by Crippen LogP contribution is 2.29. The Hall–Kier alpha value is -2.29. The van der Waals surface area contributed by atoms with Gasteiger partial charge in [-0.25, -0.2) is 4.98 Å². The Balaban J connectivity index is 1.66. The number of nitrogens with one attached hydrogen (secondary N) is 1. The number of fused-ring (bicyclic) bond motifs is 1.